The Morgan fingerprint density at radius 3 is 2.53 bits per heavy atom. The number of hydrogen-bond donors (Lipinski definition) is 2. The first-order chi connectivity index (χ1) is 8.97. The summed E-state index contributed by atoms with van der Waals surface area (Å²) in [5.41, 5.74) is 9.70. The summed E-state index contributed by atoms with van der Waals surface area (Å²) in [5.74, 6) is 1.21. The lowest BCUT2D eigenvalue weighted by Crippen LogP contribution is -2.00. The van der Waals surface area contributed by atoms with Gasteiger partial charge in [0.25, 0.3) is 0 Å². The summed E-state index contributed by atoms with van der Waals surface area (Å²) >= 11 is 0. The molecule has 0 bridgehead atoms. The monoisotopic (exact) mass is 259 g/mol. The molecule has 4 nitrogen and oxygen atoms in total. The SMILES string of the molecule is CCc1ccc(C(C)C)c(-c2cnn(C)c2N)c1O. The minimum atomic E-state index is 0.311. The van der Waals surface area contributed by atoms with Gasteiger partial charge >= 0.3 is 0 Å². The zero-order valence-electron chi connectivity index (χ0n) is 11.9. The van der Waals surface area contributed by atoms with Crippen molar-refractivity contribution in [1.82, 2.24) is 9.78 Å². The maximum absolute atomic E-state index is 10.5. The lowest BCUT2D eigenvalue weighted by atomic mass is 9.90. The number of anilines is 1. The summed E-state index contributed by atoms with van der Waals surface area (Å²) in [6.45, 7) is 6.24. The number of nitrogens with two attached hydrogens (primary N) is 1. The summed E-state index contributed by atoms with van der Waals surface area (Å²) < 4.78 is 1.62. The van der Waals surface area contributed by atoms with Crippen molar-refractivity contribution in [3.63, 3.8) is 0 Å². The number of aromatic nitrogens is 2. The summed E-state index contributed by atoms with van der Waals surface area (Å²) in [4.78, 5) is 0. The van der Waals surface area contributed by atoms with E-state index in [0.29, 0.717) is 17.5 Å². The van der Waals surface area contributed by atoms with Crippen molar-refractivity contribution < 1.29 is 5.11 Å². The van der Waals surface area contributed by atoms with Crippen molar-refractivity contribution in [3.8, 4) is 16.9 Å². The molecule has 0 aliphatic carbocycles. The van der Waals surface area contributed by atoms with Crippen molar-refractivity contribution in [2.75, 3.05) is 5.73 Å². The number of nitrogen functional groups attached to an aromatic ring is 1. The van der Waals surface area contributed by atoms with Gasteiger partial charge in [0.05, 0.1) is 6.20 Å². The van der Waals surface area contributed by atoms with Gasteiger partial charge in [-0.05, 0) is 23.5 Å². The fourth-order valence-corrected chi connectivity index (χ4v) is 2.34. The van der Waals surface area contributed by atoms with Gasteiger partial charge < -0.3 is 10.8 Å². The van der Waals surface area contributed by atoms with E-state index in [1.54, 1.807) is 17.9 Å². The molecule has 0 aliphatic rings. The highest BCUT2D eigenvalue weighted by Crippen LogP contribution is 2.41. The first-order valence-corrected chi connectivity index (χ1v) is 6.59. The Hall–Kier alpha value is -1.97. The van der Waals surface area contributed by atoms with Crippen LogP contribution in [0.3, 0.4) is 0 Å². The molecule has 0 fully saturated rings. The lowest BCUT2D eigenvalue weighted by molar-refractivity contribution is 0.470. The molecule has 1 aromatic heterocycles. The number of nitrogens with zero attached hydrogens (tertiary/aromatic N) is 2. The Balaban J connectivity index is 2.75. The molecular weight excluding hydrogens is 238 g/mol. The van der Waals surface area contributed by atoms with E-state index < -0.39 is 0 Å². The zero-order valence-corrected chi connectivity index (χ0v) is 11.9. The van der Waals surface area contributed by atoms with Crippen molar-refractivity contribution in [3.05, 3.63) is 29.5 Å². The number of aromatic hydroxyl groups is 1. The van der Waals surface area contributed by atoms with E-state index in [4.69, 9.17) is 5.73 Å². The second-order valence-electron chi connectivity index (χ2n) is 5.11. The highest BCUT2D eigenvalue weighted by Gasteiger charge is 2.19. The summed E-state index contributed by atoms with van der Waals surface area (Å²) in [5, 5.41) is 14.7. The van der Waals surface area contributed by atoms with Crippen molar-refractivity contribution in [1.29, 1.82) is 0 Å². The molecule has 102 valence electrons. The molecule has 1 aromatic carbocycles. The van der Waals surface area contributed by atoms with Crippen LogP contribution < -0.4 is 5.73 Å². The molecule has 1 heterocycles. The number of rotatable bonds is 3. The Bertz CT molecular complexity index is 600. The van der Waals surface area contributed by atoms with E-state index in [2.05, 4.69) is 25.0 Å². The van der Waals surface area contributed by atoms with Crippen molar-refractivity contribution in [2.45, 2.75) is 33.1 Å². The topological polar surface area (TPSA) is 64.1 Å². The first kappa shape index (κ1) is 13.5. The van der Waals surface area contributed by atoms with Gasteiger partial charge in [-0.15, -0.1) is 0 Å². The molecule has 0 saturated heterocycles. The van der Waals surface area contributed by atoms with E-state index in [-0.39, 0.29) is 0 Å². The molecule has 4 heteroatoms. The molecule has 0 radical (unpaired) electrons. The van der Waals surface area contributed by atoms with Gasteiger partial charge in [-0.25, -0.2) is 0 Å². The maximum Gasteiger partial charge on any atom is 0.129 e. The van der Waals surface area contributed by atoms with E-state index in [1.165, 1.54) is 0 Å². The van der Waals surface area contributed by atoms with Gasteiger partial charge in [0, 0.05) is 18.2 Å². The summed E-state index contributed by atoms with van der Waals surface area (Å²) in [7, 11) is 1.80. The van der Waals surface area contributed by atoms with Crippen LogP contribution in [-0.4, -0.2) is 14.9 Å². The van der Waals surface area contributed by atoms with Crippen LogP contribution in [-0.2, 0) is 13.5 Å². The molecule has 0 saturated carbocycles. The van der Waals surface area contributed by atoms with Crippen LogP contribution in [0.1, 0.15) is 37.8 Å². The van der Waals surface area contributed by atoms with Crippen LogP contribution >= 0.6 is 0 Å². The van der Waals surface area contributed by atoms with Crippen molar-refractivity contribution in [2.24, 2.45) is 7.05 Å². The third-order valence-corrected chi connectivity index (χ3v) is 3.55. The van der Waals surface area contributed by atoms with Crippen LogP contribution in [0.25, 0.3) is 11.1 Å². The lowest BCUT2D eigenvalue weighted by Gasteiger charge is -2.16. The number of aryl methyl sites for hydroxylation is 2. The van der Waals surface area contributed by atoms with E-state index in [1.807, 2.05) is 13.0 Å². The molecule has 0 unspecified atom stereocenters. The Morgan fingerprint density at radius 1 is 1.37 bits per heavy atom. The van der Waals surface area contributed by atoms with Gasteiger partial charge in [-0.3, -0.25) is 4.68 Å². The summed E-state index contributed by atoms with van der Waals surface area (Å²) in [6.07, 6.45) is 2.51. The van der Waals surface area contributed by atoms with Gasteiger partial charge in [-0.1, -0.05) is 32.9 Å². The highest BCUT2D eigenvalue weighted by atomic mass is 16.3. The number of phenols is 1. The van der Waals surface area contributed by atoms with Crippen LogP contribution in [0.5, 0.6) is 5.75 Å². The standard InChI is InChI=1S/C15H21N3O/c1-5-10-6-7-11(9(2)3)13(14(10)19)12-8-17-18(4)15(12)16/h6-9,19H,5,16H2,1-4H3. The molecule has 0 amide bonds. The summed E-state index contributed by atoms with van der Waals surface area (Å²) in [6, 6.07) is 4.06. The fraction of sp³-hybridized carbons (Fsp3) is 0.400. The molecule has 19 heavy (non-hydrogen) atoms. The minimum absolute atomic E-state index is 0.311. The molecule has 2 aromatic rings. The molecule has 2 rings (SSSR count). The first-order valence-electron chi connectivity index (χ1n) is 6.59. The number of phenolic OH excluding ortho intramolecular Hbond substituents is 1. The third-order valence-electron chi connectivity index (χ3n) is 3.55. The minimum Gasteiger partial charge on any atom is -0.507 e. The second-order valence-corrected chi connectivity index (χ2v) is 5.11. The number of benzene rings is 1. The van der Waals surface area contributed by atoms with E-state index in [0.717, 1.165) is 28.7 Å². The normalized spacial score (nSPS) is 11.2. The van der Waals surface area contributed by atoms with Crippen LogP contribution in [0, 0.1) is 0 Å². The largest absolute Gasteiger partial charge is 0.507 e. The van der Waals surface area contributed by atoms with Crippen LogP contribution in [0.2, 0.25) is 0 Å². The van der Waals surface area contributed by atoms with Gasteiger partial charge in [0.15, 0.2) is 0 Å². The Kier molecular flexibility index (Phi) is 3.51. The van der Waals surface area contributed by atoms with E-state index >= 15 is 0 Å². The maximum atomic E-state index is 10.5. The van der Waals surface area contributed by atoms with E-state index in [9.17, 15) is 5.11 Å². The Labute approximate surface area is 113 Å². The highest BCUT2D eigenvalue weighted by molar-refractivity contribution is 5.82. The van der Waals surface area contributed by atoms with Gasteiger partial charge in [-0.2, -0.15) is 5.10 Å². The quantitative estimate of drug-likeness (QED) is 0.890. The predicted molar refractivity (Wildman–Crippen MR) is 78.2 cm³/mol. The van der Waals surface area contributed by atoms with Gasteiger partial charge in [0.2, 0.25) is 0 Å². The third kappa shape index (κ3) is 2.18. The van der Waals surface area contributed by atoms with Crippen LogP contribution in [0.4, 0.5) is 5.82 Å². The number of hydrogen-bond acceptors (Lipinski definition) is 3. The second kappa shape index (κ2) is 4.96. The fourth-order valence-electron chi connectivity index (χ4n) is 2.34. The molecular formula is C15H21N3O. The van der Waals surface area contributed by atoms with Crippen LogP contribution in [0.15, 0.2) is 18.3 Å². The zero-order chi connectivity index (χ0) is 14.2. The average Bonchev–Trinajstić information content (AvgIpc) is 2.69. The molecule has 3 N–H and O–H groups in total. The van der Waals surface area contributed by atoms with Crippen molar-refractivity contribution >= 4 is 5.82 Å². The smallest absolute Gasteiger partial charge is 0.129 e. The molecule has 0 atom stereocenters. The predicted octanol–water partition coefficient (Wildman–Crippen LogP) is 3.06. The van der Waals surface area contributed by atoms with Gasteiger partial charge in [0.1, 0.15) is 11.6 Å². The average molecular weight is 259 g/mol. The Morgan fingerprint density at radius 2 is 2.05 bits per heavy atom. The molecule has 0 spiro atoms. The molecule has 0 aliphatic heterocycles.